The molecule has 0 saturated heterocycles. The Morgan fingerprint density at radius 1 is 2.00 bits per heavy atom. The van der Waals surface area contributed by atoms with Gasteiger partial charge in [-0.1, -0.05) is 6.08 Å². The summed E-state index contributed by atoms with van der Waals surface area (Å²) in [5.74, 6) is 0. The van der Waals surface area contributed by atoms with Gasteiger partial charge < -0.3 is 5.11 Å². The van der Waals surface area contributed by atoms with Crippen LogP contribution in [0.4, 0.5) is 4.79 Å². The lowest BCUT2D eigenvalue weighted by molar-refractivity contribution is 0.179. The maximum absolute atomic E-state index is 9.92. The summed E-state index contributed by atoms with van der Waals surface area (Å²) >= 11 is 2.76. The standard InChI is InChI=1S/C4H6BrNO2/c1-2-3-6(5)4(7)8/h2H,1,3H2,(H,7,8). The Morgan fingerprint density at radius 2 is 2.50 bits per heavy atom. The van der Waals surface area contributed by atoms with Gasteiger partial charge in [0.25, 0.3) is 0 Å². The van der Waals surface area contributed by atoms with Crippen LogP contribution in [0.3, 0.4) is 0 Å². The largest absolute Gasteiger partial charge is 0.464 e. The van der Waals surface area contributed by atoms with Crippen molar-refractivity contribution in [3.63, 3.8) is 0 Å². The molecule has 1 N–H and O–H groups in total. The molecule has 0 saturated carbocycles. The van der Waals surface area contributed by atoms with Crippen LogP contribution >= 0.6 is 16.1 Å². The normalized spacial score (nSPS) is 8.12. The highest BCUT2D eigenvalue weighted by Crippen LogP contribution is 1.95. The van der Waals surface area contributed by atoms with E-state index in [0.717, 1.165) is 3.93 Å². The minimum atomic E-state index is -1.01. The average molecular weight is 180 g/mol. The predicted octanol–water partition coefficient (Wildman–Crippen LogP) is 1.46. The second-order valence-corrected chi connectivity index (χ2v) is 1.97. The number of carbonyl (C=O) groups is 1. The first-order valence-corrected chi connectivity index (χ1v) is 2.66. The Balaban J connectivity index is 3.46. The van der Waals surface area contributed by atoms with Crippen LogP contribution in [-0.2, 0) is 0 Å². The maximum Gasteiger partial charge on any atom is 0.417 e. The molecule has 0 radical (unpaired) electrons. The first kappa shape index (κ1) is 7.49. The SMILES string of the molecule is C=CCN(Br)C(=O)O. The molecule has 0 heterocycles. The van der Waals surface area contributed by atoms with E-state index in [2.05, 4.69) is 22.7 Å². The summed E-state index contributed by atoms with van der Waals surface area (Å²) in [5, 5.41) is 8.14. The Morgan fingerprint density at radius 3 is 2.62 bits per heavy atom. The van der Waals surface area contributed by atoms with Gasteiger partial charge in [0.15, 0.2) is 0 Å². The fourth-order valence-corrected chi connectivity index (χ4v) is 0.396. The van der Waals surface area contributed by atoms with Crippen molar-refractivity contribution in [2.75, 3.05) is 6.54 Å². The Bertz CT molecular complexity index is 104. The van der Waals surface area contributed by atoms with Gasteiger partial charge in [0.2, 0.25) is 0 Å². The van der Waals surface area contributed by atoms with Crippen LogP contribution in [0.1, 0.15) is 0 Å². The molecule has 0 spiro atoms. The number of hydrogen-bond donors (Lipinski definition) is 1. The van der Waals surface area contributed by atoms with E-state index in [-0.39, 0.29) is 0 Å². The lowest BCUT2D eigenvalue weighted by Gasteiger charge is -2.03. The third-order valence-electron chi connectivity index (χ3n) is 0.497. The van der Waals surface area contributed by atoms with E-state index < -0.39 is 6.09 Å². The van der Waals surface area contributed by atoms with E-state index in [9.17, 15) is 4.79 Å². The zero-order valence-corrected chi connectivity index (χ0v) is 5.76. The highest BCUT2D eigenvalue weighted by Gasteiger charge is 2.01. The van der Waals surface area contributed by atoms with Crippen molar-refractivity contribution < 1.29 is 9.90 Å². The highest BCUT2D eigenvalue weighted by atomic mass is 79.9. The van der Waals surface area contributed by atoms with Gasteiger partial charge in [-0.3, -0.25) is 0 Å². The Labute approximate surface area is 55.9 Å². The second kappa shape index (κ2) is 3.49. The van der Waals surface area contributed by atoms with Crippen molar-refractivity contribution in [3.8, 4) is 0 Å². The van der Waals surface area contributed by atoms with Gasteiger partial charge in [0.05, 0.1) is 22.7 Å². The molecule has 0 fully saturated rings. The number of halogens is 1. The molecule has 0 aromatic rings. The molecule has 0 rings (SSSR count). The topological polar surface area (TPSA) is 40.5 Å². The fraction of sp³-hybridized carbons (Fsp3) is 0.250. The van der Waals surface area contributed by atoms with E-state index in [1.165, 1.54) is 6.08 Å². The third-order valence-corrected chi connectivity index (χ3v) is 1.09. The molecule has 0 bridgehead atoms. The van der Waals surface area contributed by atoms with Crippen molar-refractivity contribution >= 4 is 22.2 Å². The van der Waals surface area contributed by atoms with E-state index in [1.54, 1.807) is 0 Å². The first-order chi connectivity index (χ1) is 3.68. The molecule has 0 aromatic carbocycles. The highest BCUT2D eigenvalue weighted by molar-refractivity contribution is 9.07. The van der Waals surface area contributed by atoms with E-state index in [1.807, 2.05) is 0 Å². The molecule has 0 aromatic heterocycles. The van der Waals surface area contributed by atoms with Crippen molar-refractivity contribution in [3.05, 3.63) is 12.7 Å². The first-order valence-electron chi connectivity index (χ1n) is 1.95. The summed E-state index contributed by atoms with van der Waals surface area (Å²) in [4.78, 5) is 9.92. The zero-order chi connectivity index (χ0) is 6.57. The molecular formula is C4H6BrNO2. The van der Waals surface area contributed by atoms with Gasteiger partial charge >= 0.3 is 6.09 Å². The summed E-state index contributed by atoms with van der Waals surface area (Å²) in [6.07, 6.45) is 0.480. The zero-order valence-electron chi connectivity index (χ0n) is 4.17. The van der Waals surface area contributed by atoms with Crippen molar-refractivity contribution in [1.82, 2.24) is 3.93 Å². The minimum absolute atomic E-state index is 0.301. The monoisotopic (exact) mass is 179 g/mol. The van der Waals surface area contributed by atoms with Crippen LogP contribution in [0.5, 0.6) is 0 Å². The van der Waals surface area contributed by atoms with Gasteiger partial charge in [-0.05, 0) is 0 Å². The van der Waals surface area contributed by atoms with Crippen LogP contribution in [0.2, 0.25) is 0 Å². The van der Waals surface area contributed by atoms with Crippen molar-refractivity contribution in [1.29, 1.82) is 0 Å². The Hall–Kier alpha value is -0.510. The lowest BCUT2D eigenvalue weighted by atomic mass is 10.6. The van der Waals surface area contributed by atoms with Crippen molar-refractivity contribution in [2.45, 2.75) is 0 Å². The van der Waals surface area contributed by atoms with E-state index in [0.29, 0.717) is 6.54 Å². The molecule has 8 heavy (non-hydrogen) atoms. The summed E-state index contributed by atoms with van der Waals surface area (Å²) < 4.78 is 0.958. The van der Waals surface area contributed by atoms with Gasteiger partial charge in [0.1, 0.15) is 0 Å². The summed E-state index contributed by atoms with van der Waals surface area (Å²) in [7, 11) is 0. The lowest BCUT2D eigenvalue weighted by Crippen LogP contribution is -2.17. The molecule has 0 aliphatic rings. The second-order valence-electron chi connectivity index (χ2n) is 1.12. The molecule has 0 atom stereocenters. The number of rotatable bonds is 2. The predicted molar refractivity (Wildman–Crippen MR) is 33.9 cm³/mol. The summed E-state index contributed by atoms with van der Waals surface area (Å²) in [6, 6.07) is 0. The van der Waals surface area contributed by atoms with Gasteiger partial charge in [-0.2, -0.15) is 0 Å². The molecular weight excluding hydrogens is 174 g/mol. The number of carboxylic acid groups (broad SMARTS) is 1. The quantitative estimate of drug-likeness (QED) is 0.516. The summed E-state index contributed by atoms with van der Waals surface area (Å²) in [5.41, 5.74) is 0. The van der Waals surface area contributed by atoms with Crippen LogP contribution in [0, 0.1) is 0 Å². The molecule has 1 amide bonds. The van der Waals surface area contributed by atoms with Gasteiger partial charge in [-0.25, -0.2) is 8.72 Å². The molecule has 0 unspecified atom stereocenters. The maximum atomic E-state index is 9.92. The van der Waals surface area contributed by atoms with Crippen LogP contribution < -0.4 is 0 Å². The number of amides is 1. The van der Waals surface area contributed by atoms with E-state index in [4.69, 9.17) is 5.11 Å². The van der Waals surface area contributed by atoms with Crippen LogP contribution in [0.15, 0.2) is 12.7 Å². The third kappa shape index (κ3) is 2.63. The number of nitrogens with zero attached hydrogens (tertiary/aromatic N) is 1. The molecule has 0 aliphatic carbocycles. The average Bonchev–Trinajstić information content (AvgIpc) is 1.67. The van der Waals surface area contributed by atoms with Crippen LogP contribution in [0.25, 0.3) is 0 Å². The molecule has 4 heteroatoms. The number of hydrogen-bond acceptors (Lipinski definition) is 1. The van der Waals surface area contributed by atoms with E-state index >= 15 is 0 Å². The fourth-order valence-electron chi connectivity index (χ4n) is 0.191. The van der Waals surface area contributed by atoms with Gasteiger partial charge in [-0.15, -0.1) is 6.58 Å². The molecule has 46 valence electrons. The van der Waals surface area contributed by atoms with Crippen LogP contribution in [-0.4, -0.2) is 21.7 Å². The van der Waals surface area contributed by atoms with Gasteiger partial charge in [0, 0.05) is 0 Å². The molecule has 0 aliphatic heterocycles. The smallest absolute Gasteiger partial charge is 0.417 e. The van der Waals surface area contributed by atoms with Crippen molar-refractivity contribution in [2.24, 2.45) is 0 Å². The minimum Gasteiger partial charge on any atom is -0.464 e. The summed E-state index contributed by atoms with van der Waals surface area (Å²) in [6.45, 7) is 3.65. The molecule has 3 nitrogen and oxygen atoms in total. The Kier molecular flexibility index (Phi) is 3.26.